The third-order valence-corrected chi connectivity index (χ3v) is 3.56. The summed E-state index contributed by atoms with van der Waals surface area (Å²) in [5, 5.41) is 3.16. The van der Waals surface area contributed by atoms with Gasteiger partial charge in [-0.05, 0) is 25.2 Å². The number of hydrogen-bond acceptors (Lipinski definition) is 4. The second-order valence-electron chi connectivity index (χ2n) is 6.25. The Morgan fingerprint density at radius 1 is 1.35 bits per heavy atom. The number of aromatic nitrogens is 2. The Labute approximate surface area is 118 Å². The number of nitrogens with two attached hydrogens (primary N) is 1. The van der Waals surface area contributed by atoms with Crippen molar-refractivity contribution < 1.29 is 0 Å². The van der Waals surface area contributed by atoms with E-state index in [2.05, 4.69) is 10.3 Å². The quantitative estimate of drug-likeness (QED) is 0.734. The van der Waals surface area contributed by atoms with E-state index in [1.165, 1.54) is 17.4 Å². The van der Waals surface area contributed by atoms with Gasteiger partial charge in [-0.1, -0.05) is 26.7 Å². The van der Waals surface area contributed by atoms with Crippen LogP contribution in [0.3, 0.4) is 0 Å². The lowest BCUT2D eigenvalue weighted by Gasteiger charge is -2.18. The summed E-state index contributed by atoms with van der Waals surface area (Å²) in [6.07, 6.45) is 3.57. The largest absolute Gasteiger partial charge is 0.383 e. The van der Waals surface area contributed by atoms with E-state index in [0.717, 1.165) is 12.3 Å². The number of nitrogens with zero attached hydrogens (tertiary/aromatic N) is 1. The molecule has 6 heteroatoms. The Kier molecular flexibility index (Phi) is 4.20. The van der Waals surface area contributed by atoms with Gasteiger partial charge in [0.1, 0.15) is 11.5 Å². The van der Waals surface area contributed by atoms with Crippen LogP contribution in [-0.2, 0) is 6.54 Å². The van der Waals surface area contributed by atoms with Crippen molar-refractivity contribution >= 4 is 11.5 Å². The number of H-pyrrole nitrogens is 1. The molecule has 0 amide bonds. The Bertz CT molecular complexity index is 584. The van der Waals surface area contributed by atoms with Crippen LogP contribution in [-0.4, -0.2) is 15.6 Å². The van der Waals surface area contributed by atoms with Gasteiger partial charge in [0.05, 0.1) is 0 Å². The van der Waals surface area contributed by atoms with Crippen LogP contribution in [0.15, 0.2) is 9.59 Å². The molecule has 1 unspecified atom stereocenters. The summed E-state index contributed by atoms with van der Waals surface area (Å²) in [4.78, 5) is 26.1. The first-order valence-electron chi connectivity index (χ1n) is 7.27. The van der Waals surface area contributed by atoms with Crippen molar-refractivity contribution in [3.05, 3.63) is 20.8 Å². The second kappa shape index (κ2) is 5.73. The number of aromatic amines is 1. The molecule has 1 saturated carbocycles. The van der Waals surface area contributed by atoms with Gasteiger partial charge in [-0.15, -0.1) is 0 Å². The smallest absolute Gasteiger partial charge is 0.330 e. The van der Waals surface area contributed by atoms with Crippen molar-refractivity contribution in [3.8, 4) is 0 Å². The third kappa shape index (κ3) is 3.43. The molecule has 1 atom stereocenters. The van der Waals surface area contributed by atoms with E-state index in [1.807, 2.05) is 20.8 Å². The summed E-state index contributed by atoms with van der Waals surface area (Å²) in [5.41, 5.74) is 5.45. The lowest BCUT2D eigenvalue weighted by Crippen LogP contribution is -2.36. The summed E-state index contributed by atoms with van der Waals surface area (Å²) < 4.78 is 1.43. The van der Waals surface area contributed by atoms with E-state index in [0.29, 0.717) is 12.2 Å². The molecule has 20 heavy (non-hydrogen) atoms. The molecule has 0 radical (unpaired) electrons. The summed E-state index contributed by atoms with van der Waals surface area (Å²) in [7, 11) is 0. The fourth-order valence-corrected chi connectivity index (χ4v) is 2.43. The lowest BCUT2D eigenvalue weighted by molar-refractivity contribution is 0.507. The first kappa shape index (κ1) is 14.7. The number of nitrogen functional groups attached to an aromatic ring is 1. The normalized spacial score (nSPS) is 16.4. The van der Waals surface area contributed by atoms with E-state index in [4.69, 9.17) is 5.73 Å². The standard InChI is InChI=1S/C14H24N4O2/c1-8(2)7-18-12(15)11(13(19)17-14(18)20)16-9(3)6-10-4-5-10/h8-10,16H,4-7,15H2,1-3H3,(H,17,19,20). The van der Waals surface area contributed by atoms with E-state index >= 15 is 0 Å². The van der Waals surface area contributed by atoms with Gasteiger partial charge in [-0.3, -0.25) is 14.3 Å². The Hall–Kier alpha value is -1.72. The topological polar surface area (TPSA) is 92.9 Å². The van der Waals surface area contributed by atoms with Crippen LogP contribution in [0.2, 0.25) is 0 Å². The molecule has 1 aromatic rings. The van der Waals surface area contributed by atoms with Gasteiger partial charge in [0.2, 0.25) is 0 Å². The average Bonchev–Trinajstić information content (AvgIpc) is 3.13. The highest BCUT2D eigenvalue weighted by atomic mass is 16.2. The van der Waals surface area contributed by atoms with Crippen LogP contribution in [0.1, 0.15) is 40.0 Å². The van der Waals surface area contributed by atoms with Crippen molar-refractivity contribution in [1.82, 2.24) is 9.55 Å². The first-order valence-corrected chi connectivity index (χ1v) is 7.27. The molecule has 1 aromatic heterocycles. The summed E-state index contributed by atoms with van der Waals surface area (Å²) in [5.74, 6) is 1.27. The second-order valence-corrected chi connectivity index (χ2v) is 6.25. The van der Waals surface area contributed by atoms with Crippen molar-refractivity contribution in [2.45, 2.75) is 52.6 Å². The zero-order valence-electron chi connectivity index (χ0n) is 12.4. The fraction of sp³-hybridized carbons (Fsp3) is 0.714. The zero-order chi connectivity index (χ0) is 14.9. The van der Waals surface area contributed by atoms with Gasteiger partial charge in [-0.2, -0.15) is 0 Å². The number of rotatable bonds is 6. The van der Waals surface area contributed by atoms with Gasteiger partial charge in [0.25, 0.3) is 5.56 Å². The molecule has 0 aromatic carbocycles. The monoisotopic (exact) mass is 280 g/mol. The van der Waals surface area contributed by atoms with Gasteiger partial charge in [0, 0.05) is 12.6 Å². The third-order valence-electron chi connectivity index (χ3n) is 3.56. The molecule has 0 aliphatic heterocycles. The van der Waals surface area contributed by atoms with Crippen LogP contribution >= 0.6 is 0 Å². The summed E-state index contributed by atoms with van der Waals surface area (Å²) in [6.45, 7) is 6.53. The fourth-order valence-electron chi connectivity index (χ4n) is 2.43. The molecule has 2 rings (SSSR count). The molecule has 1 heterocycles. The molecular weight excluding hydrogens is 256 g/mol. The molecular formula is C14H24N4O2. The molecule has 112 valence electrons. The highest BCUT2D eigenvalue weighted by molar-refractivity contribution is 5.60. The van der Waals surface area contributed by atoms with Crippen LogP contribution in [0.25, 0.3) is 0 Å². The number of hydrogen-bond donors (Lipinski definition) is 3. The first-order chi connectivity index (χ1) is 9.38. The predicted octanol–water partition coefficient (Wildman–Crippen LogP) is 1.38. The predicted molar refractivity (Wildman–Crippen MR) is 81.0 cm³/mol. The van der Waals surface area contributed by atoms with E-state index < -0.39 is 11.2 Å². The maximum Gasteiger partial charge on any atom is 0.330 e. The lowest BCUT2D eigenvalue weighted by atomic mass is 10.1. The van der Waals surface area contributed by atoms with Crippen LogP contribution in [0.5, 0.6) is 0 Å². The summed E-state index contributed by atoms with van der Waals surface area (Å²) >= 11 is 0. The van der Waals surface area contributed by atoms with E-state index in [-0.39, 0.29) is 17.8 Å². The van der Waals surface area contributed by atoms with Crippen molar-refractivity contribution in [2.24, 2.45) is 11.8 Å². The summed E-state index contributed by atoms with van der Waals surface area (Å²) in [6, 6.07) is 0.177. The van der Waals surface area contributed by atoms with Crippen molar-refractivity contribution in [3.63, 3.8) is 0 Å². The van der Waals surface area contributed by atoms with Crippen LogP contribution in [0.4, 0.5) is 11.5 Å². The van der Waals surface area contributed by atoms with Gasteiger partial charge in [-0.25, -0.2) is 4.79 Å². The van der Waals surface area contributed by atoms with Gasteiger partial charge >= 0.3 is 5.69 Å². The highest BCUT2D eigenvalue weighted by Gasteiger charge is 2.24. The molecule has 0 spiro atoms. The van der Waals surface area contributed by atoms with E-state index in [9.17, 15) is 9.59 Å². The molecule has 4 N–H and O–H groups in total. The molecule has 0 saturated heterocycles. The van der Waals surface area contributed by atoms with Crippen LogP contribution < -0.4 is 22.3 Å². The molecule has 6 nitrogen and oxygen atoms in total. The molecule has 1 aliphatic rings. The Morgan fingerprint density at radius 3 is 2.55 bits per heavy atom. The molecule has 1 aliphatic carbocycles. The average molecular weight is 280 g/mol. The van der Waals surface area contributed by atoms with E-state index in [1.54, 1.807) is 0 Å². The van der Waals surface area contributed by atoms with Crippen molar-refractivity contribution in [2.75, 3.05) is 11.1 Å². The minimum atomic E-state index is -0.443. The Balaban J connectivity index is 2.26. The minimum absolute atomic E-state index is 0.177. The minimum Gasteiger partial charge on any atom is -0.383 e. The van der Waals surface area contributed by atoms with Gasteiger partial charge in [0.15, 0.2) is 0 Å². The Morgan fingerprint density at radius 2 is 2.00 bits per heavy atom. The molecule has 0 bridgehead atoms. The highest BCUT2D eigenvalue weighted by Crippen LogP contribution is 2.34. The maximum absolute atomic E-state index is 11.9. The van der Waals surface area contributed by atoms with Crippen LogP contribution in [0, 0.1) is 11.8 Å². The van der Waals surface area contributed by atoms with Crippen molar-refractivity contribution in [1.29, 1.82) is 0 Å². The number of nitrogens with one attached hydrogen (secondary N) is 2. The van der Waals surface area contributed by atoms with Gasteiger partial charge < -0.3 is 11.1 Å². The zero-order valence-corrected chi connectivity index (χ0v) is 12.4. The maximum atomic E-state index is 11.9. The SMILES string of the molecule is CC(C)Cn1c(N)c(NC(C)CC2CC2)c(=O)[nH]c1=O. The number of anilines is 2. The molecule has 1 fully saturated rings.